The summed E-state index contributed by atoms with van der Waals surface area (Å²) in [5.74, 6) is -0.341. The van der Waals surface area contributed by atoms with E-state index in [2.05, 4.69) is 0 Å². The zero-order valence-corrected chi connectivity index (χ0v) is 8.99. The number of hydrogen-bond donors (Lipinski definition) is 0. The lowest BCUT2D eigenvalue weighted by Gasteiger charge is -2.13. The van der Waals surface area contributed by atoms with Gasteiger partial charge < -0.3 is 4.90 Å². The monoisotopic (exact) mass is 235 g/mol. The molecule has 0 spiro atoms. The second-order valence-corrected chi connectivity index (χ2v) is 3.64. The summed E-state index contributed by atoms with van der Waals surface area (Å²) in [5, 5.41) is 10.5. The fraction of sp³-hybridized carbons (Fsp3) is 0.200. The molecule has 1 saturated heterocycles. The normalized spacial score (nSPS) is 15.6. The van der Waals surface area contributed by atoms with E-state index in [0.29, 0.717) is 5.69 Å². The van der Waals surface area contributed by atoms with Crippen molar-refractivity contribution in [2.45, 2.75) is 0 Å². The summed E-state index contributed by atoms with van der Waals surface area (Å²) in [7, 11) is 1.52. The predicted octanol–water partition coefficient (Wildman–Crippen LogP) is 0.993. The molecule has 0 unspecified atom stereocenters. The van der Waals surface area contributed by atoms with Crippen LogP contribution in [-0.2, 0) is 4.79 Å². The van der Waals surface area contributed by atoms with E-state index in [1.165, 1.54) is 36.2 Å². The van der Waals surface area contributed by atoms with Crippen LogP contribution in [-0.4, -0.2) is 35.4 Å². The van der Waals surface area contributed by atoms with Gasteiger partial charge in [0.1, 0.15) is 6.54 Å². The zero-order valence-electron chi connectivity index (χ0n) is 8.99. The van der Waals surface area contributed by atoms with Gasteiger partial charge in [-0.2, -0.15) is 0 Å². The van der Waals surface area contributed by atoms with Crippen molar-refractivity contribution in [1.29, 1.82) is 0 Å². The first-order valence-corrected chi connectivity index (χ1v) is 4.83. The van der Waals surface area contributed by atoms with Crippen LogP contribution in [0.1, 0.15) is 0 Å². The van der Waals surface area contributed by atoms with Crippen molar-refractivity contribution in [3.63, 3.8) is 0 Å². The number of nitro groups is 1. The average Bonchev–Trinajstić information content (AvgIpc) is 2.53. The molecule has 3 amide bonds. The Kier molecular flexibility index (Phi) is 2.51. The van der Waals surface area contributed by atoms with Gasteiger partial charge in [0.05, 0.1) is 10.6 Å². The van der Waals surface area contributed by atoms with Crippen molar-refractivity contribution < 1.29 is 14.5 Å². The second kappa shape index (κ2) is 3.85. The van der Waals surface area contributed by atoms with Crippen molar-refractivity contribution in [2.24, 2.45) is 0 Å². The first-order valence-electron chi connectivity index (χ1n) is 4.83. The number of likely N-dealkylation sites (N-methyl/N-ethyl adjacent to an activating group) is 1. The highest BCUT2D eigenvalue weighted by Crippen LogP contribution is 2.23. The first-order chi connectivity index (χ1) is 8.00. The Hall–Kier alpha value is -2.44. The molecule has 0 aliphatic carbocycles. The van der Waals surface area contributed by atoms with Crippen LogP contribution >= 0.6 is 0 Å². The quantitative estimate of drug-likeness (QED) is 0.434. The van der Waals surface area contributed by atoms with Crippen molar-refractivity contribution in [3.05, 3.63) is 34.4 Å². The Morgan fingerprint density at radius 3 is 2.24 bits per heavy atom. The SMILES string of the molecule is CN1CC(=O)N(c2ccc([N+](=O)[O-])cc2)C1=O. The summed E-state index contributed by atoms with van der Waals surface area (Å²) < 4.78 is 0. The molecule has 0 atom stereocenters. The van der Waals surface area contributed by atoms with Crippen LogP contribution in [0.25, 0.3) is 0 Å². The zero-order chi connectivity index (χ0) is 12.6. The van der Waals surface area contributed by atoms with Crippen LogP contribution < -0.4 is 4.90 Å². The third-order valence-electron chi connectivity index (χ3n) is 2.46. The number of amides is 3. The Labute approximate surface area is 96.4 Å². The molecule has 1 aliphatic rings. The molecular weight excluding hydrogens is 226 g/mol. The van der Waals surface area contributed by atoms with E-state index in [1.807, 2.05) is 0 Å². The van der Waals surface area contributed by atoms with Crippen LogP contribution in [0.3, 0.4) is 0 Å². The molecule has 1 aromatic carbocycles. The minimum Gasteiger partial charge on any atom is -0.318 e. The number of imide groups is 1. The number of anilines is 1. The van der Waals surface area contributed by atoms with E-state index in [9.17, 15) is 19.7 Å². The summed E-state index contributed by atoms with van der Waals surface area (Å²) in [4.78, 5) is 35.4. The number of rotatable bonds is 2. The van der Waals surface area contributed by atoms with Crippen LogP contribution in [0.4, 0.5) is 16.2 Å². The summed E-state index contributed by atoms with van der Waals surface area (Å²) in [5.41, 5.74) is 0.260. The third kappa shape index (κ3) is 1.82. The van der Waals surface area contributed by atoms with Gasteiger partial charge in [0.25, 0.3) is 11.6 Å². The number of hydrogen-bond acceptors (Lipinski definition) is 4. The number of nitro benzene ring substituents is 1. The van der Waals surface area contributed by atoms with Crippen molar-refractivity contribution in [3.8, 4) is 0 Å². The number of non-ortho nitro benzene ring substituents is 1. The van der Waals surface area contributed by atoms with Gasteiger partial charge in [0.15, 0.2) is 0 Å². The van der Waals surface area contributed by atoms with E-state index in [0.717, 1.165) is 4.90 Å². The number of nitrogens with zero attached hydrogens (tertiary/aromatic N) is 3. The topological polar surface area (TPSA) is 83.8 Å². The first kappa shape index (κ1) is 11.1. The molecule has 1 aromatic rings. The predicted molar refractivity (Wildman–Crippen MR) is 58.6 cm³/mol. The van der Waals surface area contributed by atoms with Gasteiger partial charge in [-0.25, -0.2) is 9.69 Å². The Morgan fingerprint density at radius 1 is 1.24 bits per heavy atom. The second-order valence-electron chi connectivity index (χ2n) is 3.64. The van der Waals surface area contributed by atoms with E-state index in [-0.39, 0.29) is 18.1 Å². The van der Waals surface area contributed by atoms with E-state index < -0.39 is 11.0 Å². The molecule has 0 bridgehead atoms. The van der Waals surface area contributed by atoms with Gasteiger partial charge in [-0.15, -0.1) is 0 Å². The molecule has 0 aromatic heterocycles. The maximum absolute atomic E-state index is 11.6. The van der Waals surface area contributed by atoms with Crippen molar-refractivity contribution >= 4 is 23.3 Å². The number of urea groups is 1. The van der Waals surface area contributed by atoms with E-state index in [1.54, 1.807) is 0 Å². The molecule has 1 aliphatic heterocycles. The molecule has 0 saturated carbocycles. The van der Waals surface area contributed by atoms with Gasteiger partial charge in [0.2, 0.25) is 0 Å². The smallest absolute Gasteiger partial charge is 0.318 e. The van der Waals surface area contributed by atoms with Crippen LogP contribution in [0, 0.1) is 10.1 Å². The van der Waals surface area contributed by atoms with Crippen LogP contribution in [0.5, 0.6) is 0 Å². The minimum absolute atomic E-state index is 0.0236. The summed E-state index contributed by atoms with van der Waals surface area (Å²) in [6.07, 6.45) is 0. The third-order valence-corrected chi connectivity index (χ3v) is 2.46. The molecular formula is C10H9N3O4. The summed E-state index contributed by atoms with van der Waals surface area (Å²) in [6, 6.07) is 4.85. The Morgan fingerprint density at radius 2 is 1.82 bits per heavy atom. The minimum atomic E-state index is -0.538. The molecule has 88 valence electrons. The van der Waals surface area contributed by atoms with Crippen molar-refractivity contribution in [2.75, 3.05) is 18.5 Å². The molecule has 7 nitrogen and oxygen atoms in total. The molecule has 17 heavy (non-hydrogen) atoms. The van der Waals surface area contributed by atoms with Gasteiger partial charge in [-0.05, 0) is 12.1 Å². The molecule has 1 fully saturated rings. The molecule has 1 heterocycles. The average molecular weight is 235 g/mol. The lowest BCUT2D eigenvalue weighted by molar-refractivity contribution is -0.384. The van der Waals surface area contributed by atoms with Crippen molar-refractivity contribution in [1.82, 2.24) is 4.90 Å². The van der Waals surface area contributed by atoms with Gasteiger partial charge in [-0.1, -0.05) is 0 Å². The standard InChI is InChI=1S/C10H9N3O4/c1-11-6-9(14)12(10(11)15)7-2-4-8(5-3-7)13(16)17/h2-5H,6H2,1H3. The Bertz CT molecular complexity index is 497. The van der Waals surface area contributed by atoms with Crippen LogP contribution in [0.15, 0.2) is 24.3 Å². The number of benzene rings is 1. The molecule has 7 heteroatoms. The highest BCUT2D eigenvalue weighted by molar-refractivity contribution is 6.19. The fourth-order valence-electron chi connectivity index (χ4n) is 1.60. The number of carbonyl (C=O) groups excluding carboxylic acids is 2. The highest BCUT2D eigenvalue weighted by atomic mass is 16.6. The molecule has 0 radical (unpaired) electrons. The largest absolute Gasteiger partial charge is 0.331 e. The fourth-order valence-corrected chi connectivity index (χ4v) is 1.60. The van der Waals surface area contributed by atoms with Gasteiger partial charge in [-0.3, -0.25) is 14.9 Å². The maximum Gasteiger partial charge on any atom is 0.331 e. The summed E-state index contributed by atoms with van der Waals surface area (Å²) >= 11 is 0. The summed E-state index contributed by atoms with van der Waals surface area (Å²) in [6.45, 7) is 0.0236. The maximum atomic E-state index is 11.6. The number of carbonyl (C=O) groups is 2. The van der Waals surface area contributed by atoms with Gasteiger partial charge in [0, 0.05) is 19.2 Å². The van der Waals surface area contributed by atoms with E-state index >= 15 is 0 Å². The molecule has 0 N–H and O–H groups in total. The van der Waals surface area contributed by atoms with E-state index in [4.69, 9.17) is 0 Å². The highest BCUT2D eigenvalue weighted by Gasteiger charge is 2.34. The van der Waals surface area contributed by atoms with Gasteiger partial charge >= 0.3 is 6.03 Å². The Balaban J connectivity index is 2.32. The molecule has 2 rings (SSSR count). The lowest BCUT2D eigenvalue weighted by atomic mass is 10.2. The lowest BCUT2D eigenvalue weighted by Crippen LogP contribution is -2.31. The van der Waals surface area contributed by atoms with Crippen LogP contribution in [0.2, 0.25) is 0 Å².